The molecule has 184 valence electrons. The van der Waals surface area contributed by atoms with Crippen LogP contribution in [0.15, 0.2) is 0 Å². The molecule has 0 aromatic rings. The highest BCUT2D eigenvalue weighted by atomic mass is 32.2. The summed E-state index contributed by atoms with van der Waals surface area (Å²) >= 11 is 3.75. The maximum absolute atomic E-state index is 13.1. The van der Waals surface area contributed by atoms with Crippen molar-refractivity contribution < 1.29 is 9.59 Å². The van der Waals surface area contributed by atoms with Crippen molar-refractivity contribution in [3.05, 3.63) is 0 Å². The zero-order valence-corrected chi connectivity index (χ0v) is 23.4. The second kappa shape index (κ2) is 16.6. The summed E-state index contributed by atoms with van der Waals surface area (Å²) in [6.07, 6.45) is 2.61. The molecule has 0 spiro atoms. The van der Waals surface area contributed by atoms with E-state index in [1.165, 1.54) is 0 Å². The lowest BCUT2D eigenvalue weighted by Gasteiger charge is -2.26. The summed E-state index contributed by atoms with van der Waals surface area (Å²) in [6.45, 7) is 21.1. The SMILES string of the molecule is CC(C)NC(CSC(C)C)C(=O)C(C)CCC(C)NC(CCSC(C)C)C(=O)C(C)C. The van der Waals surface area contributed by atoms with Gasteiger partial charge in [0, 0.05) is 29.7 Å². The van der Waals surface area contributed by atoms with Crippen LogP contribution in [0, 0.1) is 11.8 Å². The molecule has 0 fully saturated rings. The number of hydrogen-bond acceptors (Lipinski definition) is 6. The largest absolute Gasteiger partial charge is 0.305 e. The van der Waals surface area contributed by atoms with E-state index >= 15 is 0 Å². The highest BCUT2D eigenvalue weighted by molar-refractivity contribution is 8.00. The van der Waals surface area contributed by atoms with Crippen molar-refractivity contribution in [1.29, 1.82) is 0 Å². The molecule has 0 aromatic heterocycles. The van der Waals surface area contributed by atoms with Gasteiger partial charge in [-0.25, -0.2) is 0 Å². The number of Topliss-reactive ketones (excluding diaryl/α,β-unsaturated/α-hetero) is 2. The minimum absolute atomic E-state index is 0.0176. The van der Waals surface area contributed by atoms with Crippen molar-refractivity contribution in [2.24, 2.45) is 11.8 Å². The lowest BCUT2D eigenvalue weighted by Crippen LogP contribution is -2.46. The number of carbonyl (C=O) groups excluding carboxylic acids is 2. The highest BCUT2D eigenvalue weighted by Gasteiger charge is 2.26. The van der Waals surface area contributed by atoms with E-state index in [0.717, 1.165) is 30.8 Å². The molecule has 0 aliphatic heterocycles. The van der Waals surface area contributed by atoms with Gasteiger partial charge in [0.25, 0.3) is 0 Å². The average Bonchev–Trinajstić information content (AvgIpc) is 2.66. The quantitative estimate of drug-likeness (QED) is 0.270. The third-order valence-corrected chi connectivity index (χ3v) is 7.58. The van der Waals surface area contributed by atoms with E-state index in [1.54, 1.807) is 0 Å². The summed E-state index contributed by atoms with van der Waals surface area (Å²) in [6, 6.07) is 0.327. The van der Waals surface area contributed by atoms with E-state index < -0.39 is 0 Å². The molecule has 0 aliphatic carbocycles. The Morgan fingerprint density at radius 2 is 1.26 bits per heavy atom. The number of ketones is 2. The predicted octanol–water partition coefficient (Wildman–Crippen LogP) is 5.58. The second-order valence-electron chi connectivity index (χ2n) is 10.0. The minimum Gasteiger partial charge on any atom is -0.305 e. The first-order valence-electron chi connectivity index (χ1n) is 12.2. The molecule has 4 atom stereocenters. The van der Waals surface area contributed by atoms with Gasteiger partial charge in [-0.05, 0) is 42.4 Å². The van der Waals surface area contributed by atoms with E-state index in [2.05, 4.69) is 66.0 Å². The Balaban J connectivity index is 4.78. The molecule has 0 radical (unpaired) electrons. The first-order valence-corrected chi connectivity index (χ1v) is 14.3. The highest BCUT2D eigenvalue weighted by Crippen LogP contribution is 2.18. The molecule has 4 unspecified atom stereocenters. The first-order chi connectivity index (χ1) is 14.3. The molecule has 4 nitrogen and oxygen atoms in total. The summed E-state index contributed by atoms with van der Waals surface area (Å²) in [5.41, 5.74) is 0. The normalized spacial score (nSPS) is 16.2. The third-order valence-electron chi connectivity index (χ3n) is 5.25. The number of nitrogens with one attached hydrogen (secondary N) is 2. The molecule has 0 aliphatic rings. The van der Waals surface area contributed by atoms with Crippen molar-refractivity contribution >= 4 is 35.1 Å². The maximum atomic E-state index is 13.1. The van der Waals surface area contributed by atoms with Gasteiger partial charge in [-0.2, -0.15) is 23.5 Å². The van der Waals surface area contributed by atoms with Crippen LogP contribution in [0.3, 0.4) is 0 Å². The van der Waals surface area contributed by atoms with Gasteiger partial charge in [-0.1, -0.05) is 62.3 Å². The van der Waals surface area contributed by atoms with Crippen molar-refractivity contribution in [2.75, 3.05) is 11.5 Å². The first kappa shape index (κ1) is 31.0. The zero-order valence-electron chi connectivity index (χ0n) is 21.8. The van der Waals surface area contributed by atoms with Crippen LogP contribution in [0.25, 0.3) is 0 Å². The molecule has 0 saturated heterocycles. The summed E-state index contributed by atoms with van der Waals surface area (Å²) in [4.78, 5) is 25.8. The van der Waals surface area contributed by atoms with Gasteiger partial charge < -0.3 is 10.6 Å². The molecule has 6 heteroatoms. The second-order valence-corrected chi connectivity index (χ2v) is 13.3. The number of carbonyl (C=O) groups is 2. The fourth-order valence-electron chi connectivity index (χ4n) is 3.45. The number of thioether (sulfide) groups is 2. The third kappa shape index (κ3) is 14.7. The van der Waals surface area contributed by atoms with Crippen LogP contribution in [0.2, 0.25) is 0 Å². The van der Waals surface area contributed by atoms with Crippen molar-refractivity contribution in [3.63, 3.8) is 0 Å². The summed E-state index contributed by atoms with van der Waals surface area (Å²) < 4.78 is 0. The Morgan fingerprint density at radius 3 is 1.74 bits per heavy atom. The van der Waals surface area contributed by atoms with Crippen LogP contribution in [-0.2, 0) is 9.59 Å². The van der Waals surface area contributed by atoms with Crippen LogP contribution in [-0.4, -0.2) is 57.7 Å². The molecule has 0 rings (SSSR count). The van der Waals surface area contributed by atoms with Crippen LogP contribution in [0.4, 0.5) is 0 Å². The van der Waals surface area contributed by atoms with Gasteiger partial charge in [-0.3, -0.25) is 9.59 Å². The smallest absolute Gasteiger partial charge is 0.153 e. The lowest BCUT2D eigenvalue weighted by atomic mass is 9.93. The van der Waals surface area contributed by atoms with Crippen LogP contribution in [0.5, 0.6) is 0 Å². The predicted molar refractivity (Wildman–Crippen MR) is 142 cm³/mol. The van der Waals surface area contributed by atoms with Crippen molar-refractivity contribution in [3.8, 4) is 0 Å². The zero-order chi connectivity index (χ0) is 24.1. The maximum Gasteiger partial charge on any atom is 0.153 e. The van der Waals surface area contributed by atoms with Crippen LogP contribution in [0.1, 0.15) is 88.5 Å². The van der Waals surface area contributed by atoms with Gasteiger partial charge in [0.15, 0.2) is 11.6 Å². The Labute approximate surface area is 201 Å². The Morgan fingerprint density at radius 1 is 0.677 bits per heavy atom. The van der Waals surface area contributed by atoms with Crippen LogP contribution < -0.4 is 10.6 Å². The summed E-state index contributed by atoms with van der Waals surface area (Å²) in [5, 5.41) is 8.14. The Hall–Kier alpha value is -0.0400. The topological polar surface area (TPSA) is 58.2 Å². The van der Waals surface area contributed by atoms with Gasteiger partial charge in [0.05, 0.1) is 12.1 Å². The molecule has 0 aromatic carbocycles. The molecule has 0 amide bonds. The van der Waals surface area contributed by atoms with Gasteiger partial charge in [0.1, 0.15) is 0 Å². The van der Waals surface area contributed by atoms with E-state index in [4.69, 9.17) is 0 Å². The molecule has 0 heterocycles. The van der Waals surface area contributed by atoms with Gasteiger partial charge in [0.2, 0.25) is 0 Å². The number of hydrogen-bond donors (Lipinski definition) is 2. The molecule has 2 N–H and O–H groups in total. The number of rotatable bonds is 18. The van der Waals surface area contributed by atoms with E-state index in [1.807, 2.05) is 37.4 Å². The lowest BCUT2D eigenvalue weighted by molar-refractivity contribution is -0.125. The van der Waals surface area contributed by atoms with E-state index in [9.17, 15) is 9.59 Å². The summed E-state index contributed by atoms with van der Waals surface area (Å²) in [7, 11) is 0. The van der Waals surface area contributed by atoms with E-state index in [-0.39, 0.29) is 30.0 Å². The molecular formula is C25H50N2O2S2. The Bertz CT molecular complexity index is 510. The van der Waals surface area contributed by atoms with Gasteiger partial charge in [-0.15, -0.1) is 0 Å². The minimum atomic E-state index is -0.0925. The fraction of sp³-hybridized carbons (Fsp3) is 0.920. The summed E-state index contributed by atoms with van der Waals surface area (Å²) in [5.74, 6) is 2.49. The Kier molecular flexibility index (Phi) is 16.5. The van der Waals surface area contributed by atoms with Gasteiger partial charge >= 0.3 is 0 Å². The molecule has 0 bridgehead atoms. The van der Waals surface area contributed by atoms with Crippen molar-refractivity contribution in [2.45, 2.75) is 123 Å². The van der Waals surface area contributed by atoms with Crippen LogP contribution >= 0.6 is 23.5 Å². The molecular weight excluding hydrogens is 424 g/mol. The van der Waals surface area contributed by atoms with E-state index in [0.29, 0.717) is 28.1 Å². The molecule has 0 saturated carbocycles. The standard InChI is InChI=1S/C25H50N2O2S2/c1-16(2)24(28)22(13-14-30-18(5)6)27-21(10)12-11-20(9)25(29)23(26-17(3)4)15-31-19(7)8/h16-23,26-27H,11-15H2,1-10H3. The average molecular weight is 475 g/mol. The van der Waals surface area contributed by atoms with Crippen molar-refractivity contribution in [1.82, 2.24) is 10.6 Å². The molecule has 31 heavy (non-hydrogen) atoms. The fourth-order valence-corrected chi connectivity index (χ4v) is 5.13. The monoisotopic (exact) mass is 474 g/mol.